The zero-order chi connectivity index (χ0) is 7.98. The Morgan fingerprint density at radius 2 is 2.40 bits per heavy atom. The van der Waals surface area contributed by atoms with Crippen molar-refractivity contribution in [1.29, 1.82) is 0 Å². The Labute approximate surface area is 59.5 Å². The van der Waals surface area contributed by atoms with Crippen molar-refractivity contribution in [3.63, 3.8) is 0 Å². The number of hydrogen-bond acceptors (Lipinski definition) is 3. The van der Waals surface area contributed by atoms with Crippen molar-refractivity contribution in [3.8, 4) is 0 Å². The van der Waals surface area contributed by atoms with E-state index in [9.17, 15) is 4.79 Å². The molecule has 5 heteroatoms. The van der Waals surface area contributed by atoms with Crippen molar-refractivity contribution >= 4 is 12.2 Å². The number of aldehydes is 1. The molecule has 0 aliphatic rings. The monoisotopic (exact) mass is 144 g/mol. The lowest BCUT2D eigenvalue weighted by Crippen LogP contribution is -2.31. The maximum absolute atomic E-state index is 10.1. The molecule has 0 aliphatic carbocycles. The standard InChI is InChI=1S/C5H12N4O/c1-2-4(3-10)8-9-5(6)7/h3-4,8H,2H2,1H3,(H4,6,7,9). The highest BCUT2D eigenvalue weighted by Crippen LogP contribution is 1.83. The van der Waals surface area contributed by atoms with Crippen LogP contribution in [0.2, 0.25) is 0 Å². The van der Waals surface area contributed by atoms with Gasteiger partial charge in [0.2, 0.25) is 5.96 Å². The van der Waals surface area contributed by atoms with Gasteiger partial charge in [-0.3, -0.25) is 5.43 Å². The average Bonchev–Trinajstić information content (AvgIpc) is 1.90. The van der Waals surface area contributed by atoms with Gasteiger partial charge in [0.25, 0.3) is 0 Å². The molecule has 0 saturated heterocycles. The Morgan fingerprint density at radius 1 is 1.80 bits per heavy atom. The van der Waals surface area contributed by atoms with Gasteiger partial charge in [-0.15, -0.1) is 5.10 Å². The van der Waals surface area contributed by atoms with E-state index < -0.39 is 0 Å². The first kappa shape index (κ1) is 8.74. The number of nitrogens with one attached hydrogen (secondary N) is 1. The number of hydrazone groups is 1. The van der Waals surface area contributed by atoms with E-state index in [0.717, 1.165) is 6.29 Å². The molecule has 5 nitrogen and oxygen atoms in total. The third-order valence-electron chi connectivity index (χ3n) is 0.964. The van der Waals surface area contributed by atoms with E-state index in [1.165, 1.54) is 0 Å². The van der Waals surface area contributed by atoms with E-state index in [2.05, 4.69) is 10.5 Å². The maximum atomic E-state index is 10.1. The lowest BCUT2D eigenvalue weighted by molar-refractivity contribution is -0.109. The molecular formula is C5H12N4O. The number of carbonyl (C=O) groups excluding carboxylic acids is 1. The van der Waals surface area contributed by atoms with Crippen molar-refractivity contribution in [2.45, 2.75) is 19.4 Å². The van der Waals surface area contributed by atoms with Crippen LogP contribution in [0.1, 0.15) is 13.3 Å². The topological polar surface area (TPSA) is 93.5 Å². The minimum absolute atomic E-state index is 0.0692. The summed E-state index contributed by atoms with van der Waals surface area (Å²) in [6.45, 7) is 1.86. The molecule has 0 aliphatic heterocycles. The molecule has 0 bridgehead atoms. The SMILES string of the molecule is CCC(C=O)NN=C(N)N. The van der Waals surface area contributed by atoms with Crippen LogP contribution in [-0.4, -0.2) is 18.3 Å². The Bertz CT molecular complexity index is 130. The molecule has 0 fully saturated rings. The second kappa shape index (κ2) is 4.60. The molecule has 0 rings (SSSR count). The van der Waals surface area contributed by atoms with Crippen LogP contribution in [0.5, 0.6) is 0 Å². The molecule has 0 spiro atoms. The third kappa shape index (κ3) is 3.71. The molecule has 10 heavy (non-hydrogen) atoms. The maximum Gasteiger partial charge on any atom is 0.208 e. The van der Waals surface area contributed by atoms with Crippen molar-refractivity contribution in [2.24, 2.45) is 16.6 Å². The number of nitrogens with two attached hydrogens (primary N) is 2. The Hall–Kier alpha value is -1.26. The van der Waals surface area contributed by atoms with E-state index in [4.69, 9.17) is 11.5 Å². The minimum Gasteiger partial charge on any atom is -0.369 e. The van der Waals surface area contributed by atoms with E-state index in [1.807, 2.05) is 6.92 Å². The fraction of sp³-hybridized carbons (Fsp3) is 0.600. The summed E-state index contributed by atoms with van der Waals surface area (Å²) in [6.07, 6.45) is 1.42. The first-order valence-corrected chi connectivity index (χ1v) is 3.00. The molecule has 0 radical (unpaired) electrons. The summed E-state index contributed by atoms with van der Waals surface area (Å²) in [6, 6.07) is -0.290. The Kier molecular flexibility index (Phi) is 4.02. The smallest absolute Gasteiger partial charge is 0.208 e. The summed E-state index contributed by atoms with van der Waals surface area (Å²) in [7, 11) is 0. The number of hydrogen-bond donors (Lipinski definition) is 3. The number of rotatable bonds is 4. The van der Waals surface area contributed by atoms with Gasteiger partial charge in [0.05, 0.1) is 6.04 Å². The molecule has 5 N–H and O–H groups in total. The molecule has 1 unspecified atom stereocenters. The highest BCUT2D eigenvalue weighted by Gasteiger charge is 1.99. The van der Waals surface area contributed by atoms with Crippen LogP contribution in [0.3, 0.4) is 0 Å². The van der Waals surface area contributed by atoms with Gasteiger partial charge in [-0.2, -0.15) is 0 Å². The van der Waals surface area contributed by atoms with Gasteiger partial charge in [-0.1, -0.05) is 6.92 Å². The van der Waals surface area contributed by atoms with Gasteiger partial charge < -0.3 is 16.3 Å². The predicted molar refractivity (Wildman–Crippen MR) is 39.1 cm³/mol. The van der Waals surface area contributed by atoms with Crippen molar-refractivity contribution < 1.29 is 4.79 Å². The predicted octanol–water partition coefficient (Wildman–Crippen LogP) is -1.26. The van der Waals surface area contributed by atoms with Crippen molar-refractivity contribution in [2.75, 3.05) is 0 Å². The molecular weight excluding hydrogens is 132 g/mol. The summed E-state index contributed by atoms with van der Waals surface area (Å²) < 4.78 is 0. The van der Waals surface area contributed by atoms with Gasteiger partial charge in [-0.25, -0.2) is 0 Å². The number of carbonyl (C=O) groups is 1. The first-order chi connectivity index (χ1) is 4.70. The quantitative estimate of drug-likeness (QED) is 0.199. The van der Waals surface area contributed by atoms with Gasteiger partial charge in [0, 0.05) is 0 Å². The summed E-state index contributed by atoms with van der Waals surface area (Å²) in [4.78, 5) is 10.1. The summed E-state index contributed by atoms with van der Waals surface area (Å²) in [5.74, 6) is -0.0692. The van der Waals surface area contributed by atoms with E-state index in [1.54, 1.807) is 0 Å². The lowest BCUT2D eigenvalue weighted by Gasteiger charge is -2.04. The van der Waals surface area contributed by atoms with Crippen LogP contribution in [0.15, 0.2) is 5.10 Å². The number of guanidine groups is 1. The molecule has 58 valence electrons. The minimum atomic E-state index is -0.290. The average molecular weight is 144 g/mol. The highest BCUT2D eigenvalue weighted by atomic mass is 16.1. The van der Waals surface area contributed by atoms with Crippen LogP contribution in [0.25, 0.3) is 0 Å². The normalized spacial score (nSPS) is 11.7. The summed E-state index contributed by atoms with van der Waals surface area (Å²) >= 11 is 0. The molecule has 0 aromatic rings. The van der Waals surface area contributed by atoms with Gasteiger partial charge in [-0.05, 0) is 6.42 Å². The fourth-order valence-electron chi connectivity index (χ4n) is 0.375. The largest absolute Gasteiger partial charge is 0.369 e. The van der Waals surface area contributed by atoms with Crippen LogP contribution < -0.4 is 16.9 Å². The van der Waals surface area contributed by atoms with Crippen LogP contribution in [0.4, 0.5) is 0 Å². The summed E-state index contributed by atoms with van der Waals surface area (Å²) in [5.41, 5.74) is 12.5. The van der Waals surface area contributed by atoms with Crippen LogP contribution in [0, 0.1) is 0 Å². The zero-order valence-electron chi connectivity index (χ0n) is 5.87. The lowest BCUT2D eigenvalue weighted by atomic mass is 10.3. The second-order valence-electron chi connectivity index (χ2n) is 1.82. The Balaban J connectivity index is 3.64. The Morgan fingerprint density at radius 3 is 2.70 bits per heavy atom. The molecule has 0 heterocycles. The molecule has 1 atom stereocenters. The van der Waals surface area contributed by atoms with Crippen molar-refractivity contribution in [3.05, 3.63) is 0 Å². The highest BCUT2D eigenvalue weighted by molar-refractivity contribution is 5.75. The van der Waals surface area contributed by atoms with E-state index in [-0.39, 0.29) is 12.0 Å². The van der Waals surface area contributed by atoms with Crippen molar-refractivity contribution in [1.82, 2.24) is 5.43 Å². The van der Waals surface area contributed by atoms with Gasteiger partial charge >= 0.3 is 0 Å². The number of nitrogens with zero attached hydrogens (tertiary/aromatic N) is 1. The van der Waals surface area contributed by atoms with E-state index >= 15 is 0 Å². The van der Waals surface area contributed by atoms with Gasteiger partial charge in [0.15, 0.2) is 0 Å². The molecule has 0 amide bonds. The third-order valence-corrected chi connectivity index (χ3v) is 0.964. The van der Waals surface area contributed by atoms with Crippen LogP contribution in [-0.2, 0) is 4.79 Å². The first-order valence-electron chi connectivity index (χ1n) is 3.00. The molecule has 0 aromatic carbocycles. The molecule has 0 saturated carbocycles. The zero-order valence-corrected chi connectivity index (χ0v) is 5.87. The second-order valence-corrected chi connectivity index (χ2v) is 1.82. The molecule has 0 aromatic heterocycles. The van der Waals surface area contributed by atoms with Gasteiger partial charge in [0.1, 0.15) is 6.29 Å². The summed E-state index contributed by atoms with van der Waals surface area (Å²) in [5, 5.41) is 3.46. The van der Waals surface area contributed by atoms with Crippen LogP contribution >= 0.6 is 0 Å². The fourth-order valence-corrected chi connectivity index (χ4v) is 0.375. The van der Waals surface area contributed by atoms with E-state index in [0.29, 0.717) is 6.42 Å².